The van der Waals surface area contributed by atoms with Crippen molar-refractivity contribution in [3.8, 4) is 0 Å². The van der Waals surface area contributed by atoms with E-state index in [9.17, 15) is 4.39 Å². The van der Waals surface area contributed by atoms with E-state index in [2.05, 4.69) is 0 Å². The first-order valence-corrected chi connectivity index (χ1v) is 3.74. The summed E-state index contributed by atoms with van der Waals surface area (Å²) in [6.45, 7) is 0.434. The van der Waals surface area contributed by atoms with Gasteiger partial charge in [0.05, 0.1) is 6.61 Å². The summed E-state index contributed by atoms with van der Waals surface area (Å²) in [4.78, 5) is 0. The average Bonchev–Trinajstić information content (AvgIpc) is 2.04. The fourth-order valence-electron chi connectivity index (χ4n) is 0.737. The second-order valence-electron chi connectivity index (χ2n) is 2.08. The molecule has 0 fully saturated rings. The molecular formula is C8H8ClFO. The molecule has 1 rings (SSSR count). The largest absolute Gasteiger partial charge is 0.361 e. The van der Waals surface area contributed by atoms with Crippen LogP contribution in [-0.4, -0.2) is 6.07 Å². The number of hydrogen-bond donors (Lipinski definition) is 0. The maximum absolute atomic E-state index is 12.3. The van der Waals surface area contributed by atoms with Crippen LogP contribution in [0.15, 0.2) is 24.3 Å². The van der Waals surface area contributed by atoms with Crippen molar-refractivity contribution in [1.82, 2.24) is 0 Å². The van der Waals surface area contributed by atoms with Crippen molar-refractivity contribution in [2.24, 2.45) is 0 Å². The molecule has 0 aromatic heterocycles. The van der Waals surface area contributed by atoms with Crippen molar-refractivity contribution in [1.29, 1.82) is 0 Å². The molecule has 0 aliphatic carbocycles. The van der Waals surface area contributed by atoms with E-state index in [1.807, 2.05) is 0 Å². The van der Waals surface area contributed by atoms with Gasteiger partial charge in [-0.2, -0.15) is 0 Å². The van der Waals surface area contributed by atoms with Gasteiger partial charge in [0, 0.05) is 0 Å². The summed E-state index contributed by atoms with van der Waals surface area (Å²) in [7, 11) is 0. The van der Waals surface area contributed by atoms with Crippen molar-refractivity contribution in [2.45, 2.75) is 6.61 Å². The van der Waals surface area contributed by atoms with Crippen LogP contribution >= 0.6 is 11.6 Å². The van der Waals surface area contributed by atoms with Crippen LogP contribution in [0.4, 0.5) is 4.39 Å². The molecule has 0 saturated heterocycles. The number of ether oxygens (including phenoxy) is 1. The lowest BCUT2D eigenvalue weighted by Crippen LogP contribution is -1.89. The highest BCUT2D eigenvalue weighted by molar-refractivity contribution is 6.17. The van der Waals surface area contributed by atoms with Crippen molar-refractivity contribution >= 4 is 11.6 Å². The van der Waals surface area contributed by atoms with Gasteiger partial charge in [-0.15, -0.1) is 0 Å². The Bertz CT molecular complexity index is 210. The van der Waals surface area contributed by atoms with E-state index >= 15 is 0 Å². The summed E-state index contributed by atoms with van der Waals surface area (Å²) in [6, 6.07) is 6.29. The highest BCUT2D eigenvalue weighted by Gasteiger charge is 1.92. The summed E-state index contributed by atoms with van der Waals surface area (Å²) < 4.78 is 17.2. The molecule has 1 nitrogen and oxygen atoms in total. The van der Waals surface area contributed by atoms with Crippen molar-refractivity contribution < 1.29 is 9.13 Å². The Hall–Kier alpha value is -0.600. The predicted molar refractivity (Wildman–Crippen MR) is 41.9 cm³/mol. The second kappa shape index (κ2) is 4.31. The molecule has 0 amide bonds. The van der Waals surface area contributed by atoms with E-state index in [4.69, 9.17) is 16.3 Å². The minimum atomic E-state index is -0.236. The van der Waals surface area contributed by atoms with E-state index in [-0.39, 0.29) is 11.9 Å². The van der Waals surface area contributed by atoms with Crippen molar-refractivity contribution in [2.75, 3.05) is 6.07 Å². The fraction of sp³-hybridized carbons (Fsp3) is 0.250. The molecule has 3 heteroatoms. The number of hydrogen-bond acceptors (Lipinski definition) is 1. The summed E-state index contributed by atoms with van der Waals surface area (Å²) in [5, 5.41) is 0. The molecule has 60 valence electrons. The molecule has 0 atom stereocenters. The Morgan fingerprint density at radius 3 is 2.45 bits per heavy atom. The van der Waals surface area contributed by atoms with Gasteiger partial charge in [-0.1, -0.05) is 23.7 Å². The molecule has 1 aromatic carbocycles. The van der Waals surface area contributed by atoms with Gasteiger partial charge in [0.15, 0.2) is 0 Å². The van der Waals surface area contributed by atoms with Crippen molar-refractivity contribution in [3.05, 3.63) is 35.6 Å². The number of halogens is 2. The number of rotatable bonds is 3. The maximum atomic E-state index is 12.3. The zero-order valence-corrected chi connectivity index (χ0v) is 6.64. The SMILES string of the molecule is Fc1ccc(COCCl)cc1. The topological polar surface area (TPSA) is 9.23 Å². The van der Waals surface area contributed by atoms with Gasteiger partial charge < -0.3 is 4.74 Å². The van der Waals surface area contributed by atoms with Gasteiger partial charge in [0.2, 0.25) is 0 Å². The van der Waals surface area contributed by atoms with Gasteiger partial charge in [0.1, 0.15) is 11.9 Å². The van der Waals surface area contributed by atoms with Gasteiger partial charge in [-0.25, -0.2) is 4.39 Å². The zero-order valence-electron chi connectivity index (χ0n) is 5.89. The minimum Gasteiger partial charge on any atom is -0.361 e. The Kier molecular flexibility index (Phi) is 3.33. The molecule has 11 heavy (non-hydrogen) atoms. The molecule has 0 radical (unpaired) electrons. The molecule has 0 bridgehead atoms. The zero-order chi connectivity index (χ0) is 8.10. The summed E-state index contributed by atoms with van der Waals surface area (Å²) in [5.74, 6) is -0.236. The van der Waals surface area contributed by atoms with Crippen molar-refractivity contribution in [3.63, 3.8) is 0 Å². The Balaban J connectivity index is 2.52. The number of benzene rings is 1. The van der Waals surface area contributed by atoms with Gasteiger partial charge in [0.25, 0.3) is 0 Å². The van der Waals surface area contributed by atoms with Gasteiger partial charge >= 0.3 is 0 Å². The molecule has 1 aromatic rings. The third kappa shape index (κ3) is 2.87. The molecule has 0 spiro atoms. The van der Waals surface area contributed by atoms with Crippen LogP contribution in [0.5, 0.6) is 0 Å². The van der Waals surface area contributed by atoms with E-state index in [0.717, 1.165) is 5.56 Å². The summed E-state index contributed by atoms with van der Waals surface area (Å²) in [6.07, 6.45) is 0. The third-order valence-corrected chi connectivity index (χ3v) is 1.41. The van der Waals surface area contributed by atoms with E-state index in [1.54, 1.807) is 12.1 Å². The van der Waals surface area contributed by atoms with Crippen LogP contribution in [0.1, 0.15) is 5.56 Å². The van der Waals surface area contributed by atoms with E-state index in [0.29, 0.717) is 6.61 Å². The lowest BCUT2D eigenvalue weighted by atomic mass is 10.2. The van der Waals surface area contributed by atoms with E-state index in [1.165, 1.54) is 12.1 Å². The smallest absolute Gasteiger partial charge is 0.123 e. The highest BCUT2D eigenvalue weighted by atomic mass is 35.5. The Morgan fingerprint density at radius 2 is 1.91 bits per heavy atom. The molecule has 0 heterocycles. The molecule has 0 N–H and O–H groups in total. The first-order valence-electron chi connectivity index (χ1n) is 3.21. The Morgan fingerprint density at radius 1 is 1.27 bits per heavy atom. The third-order valence-electron chi connectivity index (χ3n) is 1.26. The predicted octanol–water partition coefficient (Wildman–Crippen LogP) is 2.54. The second-order valence-corrected chi connectivity index (χ2v) is 2.30. The lowest BCUT2D eigenvalue weighted by Gasteiger charge is -1.98. The van der Waals surface area contributed by atoms with Gasteiger partial charge in [-0.05, 0) is 17.7 Å². The van der Waals surface area contributed by atoms with Crippen LogP contribution in [0.3, 0.4) is 0 Å². The van der Waals surface area contributed by atoms with Crippen LogP contribution < -0.4 is 0 Å². The molecular weight excluding hydrogens is 167 g/mol. The maximum Gasteiger partial charge on any atom is 0.123 e. The summed E-state index contributed by atoms with van der Waals surface area (Å²) >= 11 is 5.29. The normalized spacial score (nSPS) is 10.0. The number of alkyl halides is 1. The molecule has 0 aliphatic heterocycles. The average molecular weight is 175 g/mol. The Labute approximate surface area is 69.7 Å². The minimum absolute atomic E-state index is 0.164. The molecule has 0 unspecified atom stereocenters. The fourth-order valence-corrected chi connectivity index (χ4v) is 0.814. The van der Waals surface area contributed by atoms with Crippen LogP contribution in [-0.2, 0) is 11.3 Å². The lowest BCUT2D eigenvalue weighted by molar-refractivity contribution is 0.165. The van der Waals surface area contributed by atoms with Crippen LogP contribution in [0, 0.1) is 5.82 Å². The van der Waals surface area contributed by atoms with E-state index < -0.39 is 0 Å². The molecule has 0 aliphatic rings. The first-order chi connectivity index (χ1) is 5.33. The first kappa shape index (κ1) is 8.50. The monoisotopic (exact) mass is 174 g/mol. The van der Waals surface area contributed by atoms with Crippen LogP contribution in [0.2, 0.25) is 0 Å². The van der Waals surface area contributed by atoms with Crippen LogP contribution in [0.25, 0.3) is 0 Å². The quantitative estimate of drug-likeness (QED) is 0.640. The molecule has 0 saturated carbocycles. The standard InChI is InChI=1S/C8H8ClFO/c9-6-11-5-7-1-3-8(10)4-2-7/h1-4H,5-6H2. The summed E-state index contributed by atoms with van der Waals surface area (Å²) in [5.41, 5.74) is 0.923. The highest BCUT2D eigenvalue weighted by Crippen LogP contribution is 2.03. The van der Waals surface area contributed by atoms with Gasteiger partial charge in [-0.3, -0.25) is 0 Å².